The van der Waals surface area contributed by atoms with Crippen molar-refractivity contribution < 1.29 is 4.74 Å². The largest absolute Gasteiger partial charge is 0.495 e. The normalized spacial score (nSPS) is 10.9. The van der Waals surface area contributed by atoms with E-state index in [1.54, 1.807) is 23.6 Å². The lowest BCUT2D eigenvalue weighted by Crippen LogP contribution is -2.16. The predicted octanol–water partition coefficient (Wildman–Crippen LogP) is 4.47. The van der Waals surface area contributed by atoms with Gasteiger partial charge >= 0.3 is 0 Å². The first-order valence-corrected chi connectivity index (χ1v) is 11.0. The van der Waals surface area contributed by atoms with Crippen LogP contribution >= 0.6 is 43.6 Å². The molecule has 0 bridgehead atoms. The number of benzene rings is 2. The molecular weight excluding hydrogens is 494 g/mol. The molecule has 1 N–H and O–H groups in total. The molecule has 1 aromatic heterocycles. The molecule has 3 aromatic rings. The molecule has 0 aliphatic rings. The van der Waals surface area contributed by atoms with Crippen molar-refractivity contribution in [2.75, 3.05) is 19.4 Å². The van der Waals surface area contributed by atoms with Crippen molar-refractivity contribution in [2.45, 2.75) is 18.1 Å². The third kappa shape index (κ3) is 5.54. The minimum absolute atomic E-state index is 0.744. The molecule has 6 nitrogen and oxygen atoms in total. The van der Waals surface area contributed by atoms with Crippen molar-refractivity contribution in [3.05, 3.63) is 57.0 Å². The molecule has 0 radical (unpaired) electrons. The molecule has 0 saturated heterocycles. The van der Waals surface area contributed by atoms with Gasteiger partial charge in [-0.3, -0.25) is 0 Å². The first kappa shape index (κ1) is 20.3. The van der Waals surface area contributed by atoms with E-state index in [4.69, 9.17) is 4.74 Å². The summed E-state index contributed by atoms with van der Waals surface area (Å²) in [6.07, 6.45) is 1.00. The van der Waals surface area contributed by atoms with Crippen molar-refractivity contribution in [3.63, 3.8) is 0 Å². The molecule has 0 saturated carbocycles. The molecule has 0 aliphatic carbocycles. The van der Waals surface area contributed by atoms with Crippen LogP contribution in [0.3, 0.4) is 0 Å². The lowest BCUT2D eigenvalue weighted by Gasteiger charge is -2.12. The monoisotopic (exact) mass is 511 g/mol. The Morgan fingerprint density at radius 2 is 2.00 bits per heavy atom. The molecule has 9 heteroatoms. The lowest BCUT2D eigenvalue weighted by atomic mass is 10.2. The summed E-state index contributed by atoms with van der Waals surface area (Å²) in [5.41, 5.74) is 2.08. The molecule has 27 heavy (non-hydrogen) atoms. The van der Waals surface area contributed by atoms with Gasteiger partial charge in [0.1, 0.15) is 5.75 Å². The molecule has 1 heterocycles. The molecule has 142 valence electrons. The van der Waals surface area contributed by atoms with Gasteiger partial charge in [-0.1, -0.05) is 45.9 Å². The summed E-state index contributed by atoms with van der Waals surface area (Å²) in [5.74, 6) is 1.79. The molecular formula is C18H19Br2N5OS. The first-order chi connectivity index (χ1) is 13.2. The number of aromatic nitrogens is 4. The van der Waals surface area contributed by atoms with Crippen LogP contribution in [0.15, 0.2) is 56.6 Å². The molecule has 2 aromatic carbocycles. The van der Waals surface area contributed by atoms with E-state index in [1.807, 2.05) is 36.4 Å². The van der Waals surface area contributed by atoms with Crippen LogP contribution in [0.2, 0.25) is 0 Å². The van der Waals surface area contributed by atoms with E-state index >= 15 is 0 Å². The van der Waals surface area contributed by atoms with Gasteiger partial charge in [-0.2, -0.15) is 4.68 Å². The maximum Gasteiger partial charge on any atom is 0.214 e. The van der Waals surface area contributed by atoms with Gasteiger partial charge in [0.25, 0.3) is 0 Å². The minimum atomic E-state index is 0.744. The van der Waals surface area contributed by atoms with Gasteiger partial charge in [-0.15, -0.1) is 5.10 Å². The van der Waals surface area contributed by atoms with Crippen LogP contribution in [0.5, 0.6) is 5.75 Å². The Bertz CT molecular complexity index is 875. The number of methoxy groups -OCH3 is 1. The summed E-state index contributed by atoms with van der Waals surface area (Å²) in [7, 11) is 1.69. The van der Waals surface area contributed by atoms with Crippen molar-refractivity contribution in [1.29, 1.82) is 0 Å². The fourth-order valence-corrected chi connectivity index (χ4v) is 4.86. The Kier molecular flexibility index (Phi) is 7.69. The zero-order chi connectivity index (χ0) is 19.1. The van der Waals surface area contributed by atoms with Crippen molar-refractivity contribution >= 4 is 43.6 Å². The molecule has 0 unspecified atom stereocenters. The number of rotatable bonds is 9. The molecule has 0 aliphatic heterocycles. The van der Waals surface area contributed by atoms with Crippen LogP contribution in [0.4, 0.5) is 0 Å². The highest BCUT2D eigenvalue weighted by atomic mass is 79.9. The summed E-state index contributed by atoms with van der Waals surface area (Å²) < 4.78 is 9.21. The number of hydrogen-bond acceptors (Lipinski definition) is 6. The maximum absolute atomic E-state index is 5.48. The van der Waals surface area contributed by atoms with E-state index < -0.39 is 0 Å². The fourth-order valence-electron chi connectivity index (χ4n) is 2.56. The van der Waals surface area contributed by atoms with Gasteiger partial charge in [0.2, 0.25) is 5.16 Å². The second-order valence-electron chi connectivity index (χ2n) is 5.67. The third-order valence-corrected chi connectivity index (χ3v) is 5.83. The van der Waals surface area contributed by atoms with E-state index in [0.717, 1.165) is 56.4 Å². The average molecular weight is 513 g/mol. The van der Waals surface area contributed by atoms with Gasteiger partial charge in [-0.25, -0.2) is 0 Å². The summed E-state index contributed by atoms with van der Waals surface area (Å²) in [6, 6.07) is 14.0. The summed E-state index contributed by atoms with van der Waals surface area (Å²) in [5, 5.41) is 16.3. The van der Waals surface area contributed by atoms with Crippen LogP contribution in [0.1, 0.15) is 12.0 Å². The second-order valence-corrected chi connectivity index (χ2v) is 8.50. The number of thioether (sulfide) groups is 1. The van der Waals surface area contributed by atoms with Crippen molar-refractivity contribution in [2.24, 2.45) is 0 Å². The van der Waals surface area contributed by atoms with E-state index in [-0.39, 0.29) is 0 Å². The number of ether oxygens (including phenoxy) is 1. The van der Waals surface area contributed by atoms with Crippen LogP contribution in [0, 0.1) is 0 Å². The van der Waals surface area contributed by atoms with Crippen LogP contribution < -0.4 is 10.1 Å². The first-order valence-electron chi connectivity index (χ1n) is 8.38. The molecule has 3 rings (SSSR count). The summed E-state index contributed by atoms with van der Waals surface area (Å²) >= 11 is 8.71. The predicted molar refractivity (Wildman–Crippen MR) is 115 cm³/mol. The number of nitrogens with one attached hydrogen (secondary N) is 1. The van der Waals surface area contributed by atoms with E-state index in [1.165, 1.54) is 0 Å². The third-order valence-electron chi connectivity index (χ3n) is 3.78. The molecule has 0 amide bonds. The van der Waals surface area contributed by atoms with Crippen molar-refractivity contribution in [3.8, 4) is 11.4 Å². The standard InChI is InChI=1S/C18H19Br2N5OS/c1-26-17-13(10-14(19)11-16(17)20)12-21-8-5-9-27-18-22-23-24-25(18)15-6-3-2-4-7-15/h2-4,6-7,10-11,21H,5,8-9,12H2,1H3. The summed E-state index contributed by atoms with van der Waals surface area (Å²) in [6.45, 7) is 1.64. The van der Waals surface area contributed by atoms with Crippen LogP contribution in [-0.4, -0.2) is 39.6 Å². The van der Waals surface area contributed by atoms with Gasteiger partial charge in [-0.05, 0) is 63.6 Å². The summed E-state index contributed by atoms with van der Waals surface area (Å²) in [4.78, 5) is 0. The van der Waals surface area contributed by atoms with Gasteiger partial charge in [0.15, 0.2) is 0 Å². The van der Waals surface area contributed by atoms with Gasteiger partial charge in [0, 0.05) is 22.3 Å². The van der Waals surface area contributed by atoms with E-state index in [2.05, 4.69) is 58.8 Å². The Morgan fingerprint density at radius 3 is 2.78 bits per heavy atom. The average Bonchev–Trinajstić information content (AvgIpc) is 3.13. The highest BCUT2D eigenvalue weighted by molar-refractivity contribution is 9.11. The number of hydrogen-bond donors (Lipinski definition) is 1. The Hall–Kier alpha value is -1.42. The molecule has 0 fully saturated rings. The second kappa shape index (κ2) is 10.2. The smallest absolute Gasteiger partial charge is 0.214 e. The van der Waals surface area contributed by atoms with Gasteiger partial charge in [0.05, 0.1) is 17.3 Å². The zero-order valence-corrected chi connectivity index (χ0v) is 18.7. The van der Waals surface area contributed by atoms with E-state index in [9.17, 15) is 0 Å². The van der Waals surface area contributed by atoms with Crippen LogP contribution in [-0.2, 0) is 6.54 Å². The Labute approximate surface area is 179 Å². The minimum Gasteiger partial charge on any atom is -0.495 e. The SMILES string of the molecule is COc1c(Br)cc(Br)cc1CNCCCSc1nnnn1-c1ccccc1. The quantitative estimate of drug-likeness (QED) is 0.337. The van der Waals surface area contributed by atoms with Crippen LogP contribution in [0.25, 0.3) is 5.69 Å². The number of para-hydroxylation sites is 1. The van der Waals surface area contributed by atoms with Crippen molar-refractivity contribution in [1.82, 2.24) is 25.5 Å². The number of tetrazole rings is 1. The number of nitrogens with zero attached hydrogens (tertiary/aromatic N) is 4. The van der Waals surface area contributed by atoms with E-state index in [0.29, 0.717) is 0 Å². The molecule has 0 spiro atoms. The molecule has 0 atom stereocenters. The lowest BCUT2D eigenvalue weighted by molar-refractivity contribution is 0.405. The Balaban J connectivity index is 1.46. The maximum atomic E-state index is 5.48. The number of halogens is 2. The van der Waals surface area contributed by atoms with Gasteiger partial charge < -0.3 is 10.1 Å². The topological polar surface area (TPSA) is 64.9 Å². The Morgan fingerprint density at radius 1 is 1.19 bits per heavy atom. The highest BCUT2D eigenvalue weighted by Crippen LogP contribution is 2.32. The highest BCUT2D eigenvalue weighted by Gasteiger charge is 2.10. The fraction of sp³-hybridized carbons (Fsp3) is 0.278. The zero-order valence-electron chi connectivity index (χ0n) is 14.7.